The highest BCUT2D eigenvalue weighted by molar-refractivity contribution is 7.80. The molecule has 8 aromatic rings. The summed E-state index contributed by atoms with van der Waals surface area (Å²) in [4.78, 5) is 0. The smallest absolute Gasteiger partial charge is 0.124 e. The summed E-state index contributed by atoms with van der Waals surface area (Å²) in [5.41, 5.74) is 9.71. The predicted molar refractivity (Wildman–Crippen MR) is 212 cm³/mol. The minimum Gasteiger partial charge on any atom is -0.496 e. The second-order valence-corrected chi connectivity index (χ2v) is 14.8. The molecule has 0 aromatic heterocycles. The standard InChI is InChI=1S/C47H37OP/c1-32-30-36(31-33(2)47(32)48-3)41-28-26-34-16-10-12-22-39(34)45(41)46-40-23-13-11-17-35(40)27-29-43(46)42-24-14-15-25-44(42)49(37-18-6-4-7-19-37)38-20-8-5-9-21-38/h4-31H,1-3H3. The minimum absolute atomic E-state index is 0.829. The molecule has 0 atom stereocenters. The quantitative estimate of drug-likeness (QED) is 0.156. The van der Waals surface area contributed by atoms with Gasteiger partial charge >= 0.3 is 0 Å². The Kier molecular flexibility index (Phi) is 8.30. The molecule has 2 heteroatoms. The highest BCUT2D eigenvalue weighted by Gasteiger charge is 2.24. The van der Waals surface area contributed by atoms with Crippen LogP contribution in [0.2, 0.25) is 0 Å². The van der Waals surface area contributed by atoms with Crippen molar-refractivity contribution in [3.63, 3.8) is 0 Å². The summed E-state index contributed by atoms with van der Waals surface area (Å²) in [6.07, 6.45) is 0. The molecule has 0 bridgehead atoms. The van der Waals surface area contributed by atoms with E-state index in [2.05, 4.69) is 184 Å². The van der Waals surface area contributed by atoms with Gasteiger partial charge in [0.25, 0.3) is 0 Å². The summed E-state index contributed by atoms with van der Waals surface area (Å²) in [5.74, 6) is 0.945. The van der Waals surface area contributed by atoms with Crippen LogP contribution in [0.25, 0.3) is 54.9 Å². The lowest BCUT2D eigenvalue weighted by molar-refractivity contribution is 0.408. The third kappa shape index (κ3) is 5.61. The summed E-state index contributed by atoms with van der Waals surface area (Å²) in [5, 5.41) is 8.98. The Hall–Kier alpha value is -5.49. The fraction of sp³-hybridized carbons (Fsp3) is 0.0638. The number of benzene rings is 8. The Morgan fingerprint density at radius 1 is 0.429 bits per heavy atom. The number of hydrogen-bond donors (Lipinski definition) is 0. The topological polar surface area (TPSA) is 9.23 Å². The summed E-state index contributed by atoms with van der Waals surface area (Å²) in [7, 11) is 0.931. The first-order valence-electron chi connectivity index (χ1n) is 16.8. The lowest BCUT2D eigenvalue weighted by Crippen LogP contribution is -2.22. The van der Waals surface area contributed by atoms with E-state index in [1.54, 1.807) is 7.11 Å². The second-order valence-electron chi connectivity index (χ2n) is 12.6. The lowest BCUT2D eigenvalue weighted by atomic mass is 9.83. The van der Waals surface area contributed by atoms with Crippen LogP contribution in [0.4, 0.5) is 0 Å². The first-order valence-corrected chi connectivity index (χ1v) is 18.2. The number of ether oxygens (including phenoxy) is 1. The molecular formula is C47H37OP. The Balaban J connectivity index is 1.49. The van der Waals surface area contributed by atoms with Crippen LogP contribution in [0.5, 0.6) is 5.75 Å². The third-order valence-corrected chi connectivity index (χ3v) is 12.0. The summed E-state index contributed by atoms with van der Waals surface area (Å²) in [6, 6.07) is 62.6. The largest absolute Gasteiger partial charge is 0.496 e. The van der Waals surface area contributed by atoms with Crippen LogP contribution in [0.1, 0.15) is 11.1 Å². The number of fused-ring (bicyclic) bond motifs is 2. The van der Waals surface area contributed by atoms with E-state index >= 15 is 0 Å². The zero-order valence-corrected chi connectivity index (χ0v) is 28.9. The molecule has 0 unspecified atom stereocenters. The van der Waals surface area contributed by atoms with Gasteiger partial charge in [-0.15, -0.1) is 0 Å². The van der Waals surface area contributed by atoms with Crippen LogP contribution in [0, 0.1) is 13.8 Å². The third-order valence-electron chi connectivity index (χ3n) is 9.55. The van der Waals surface area contributed by atoms with Gasteiger partial charge in [0, 0.05) is 0 Å². The molecule has 0 fully saturated rings. The van der Waals surface area contributed by atoms with Crippen LogP contribution in [-0.2, 0) is 0 Å². The Bertz CT molecular complexity index is 2380. The fourth-order valence-corrected chi connectivity index (χ4v) is 9.92. The van der Waals surface area contributed by atoms with Gasteiger partial charge in [-0.1, -0.05) is 158 Å². The molecule has 0 N–H and O–H groups in total. The van der Waals surface area contributed by atoms with Gasteiger partial charge in [-0.3, -0.25) is 0 Å². The monoisotopic (exact) mass is 648 g/mol. The summed E-state index contributed by atoms with van der Waals surface area (Å²) < 4.78 is 5.80. The molecule has 8 rings (SSSR count). The Morgan fingerprint density at radius 2 is 0.898 bits per heavy atom. The molecule has 0 amide bonds. The molecule has 0 saturated carbocycles. The lowest BCUT2D eigenvalue weighted by Gasteiger charge is -2.25. The highest BCUT2D eigenvalue weighted by atomic mass is 31.1. The van der Waals surface area contributed by atoms with Gasteiger partial charge in [0.15, 0.2) is 0 Å². The van der Waals surface area contributed by atoms with Crippen LogP contribution in [0.15, 0.2) is 170 Å². The Morgan fingerprint density at radius 3 is 1.47 bits per heavy atom. The van der Waals surface area contributed by atoms with Crippen LogP contribution in [-0.4, -0.2) is 7.11 Å². The number of methoxy groups -OCH3 is 1. The molecule has 0 spiro atoms. The molecule has 0 heterocycles. The molecule has 8 aromatic carbocycles. The molecule has 0 aliphatic carbocycles. The molecule has 236 valence electrons. The zero-order chi connectivity index (χ0) is 33.3. The predicted octanol–water partition coefficient (Wildman–Crippen LogP) is 11.4. The van der Waals surface area contributed by atoms with Gasteiger partial charge < -0.3 is 4.74 Å². The molecular weight excluding hydrogens is 611 g/mol. The van der Waals surface area contributed by atoms with Crippen LogP contribution >= 0.6 is 7.92 Å². The first-order chi connectivity index (χ1) is 24.1. The molecule has 0 saturated heterocycles. The first kappa shape index (κ1) is 30.8. The molecule has 0 aliphatic rings. The maximum atomic E-state index is 5.80. The van der Waals surface area contributed by atoms with E-state index in [1.165, 1.54) is 70.8 Å². The number of aryl methyl sites for hydroxylation is 2. The average molecular weight is 649 g/mol. The van der Waals surface area contributed by atoms with Crippen molar-refractivity contribution < 1.29 is 4.74 Å². The molecule has 49 heavy (non-hydrogen) atoms. The van der Waals surface area contributed by atoms with Gasteiger partial charge in [-0.25, -0.2) is 0 Å². The van der Waals surface area contributed by atoms with E-state index in [9.17, 15) is 0 Å². The second kappa shape index (κ2) is 13.2. The maximum absolute atomic E-state index is 5.80. The van der Waals surface area contributed by atoms with Gasteiger partial charge in [0.05, 0.1) is 7.11 Å². The van der Waals surface area contributed by atoms with E-state index < -0.39 is 7.92 Å². The Labute approximate surface area is 290 Å². The SMILES string of the molecule is COc1c(C)cc(-c2ccc3ccccc3c2-c2c(-c3ccccc3P(c3ccccc3)c3ccccc3)ccc3ccccc23)cc1C. The van der Waals surface area contributed by atoms with Crippen molar-refractivity contribution in [2.45, 2.75) is 13.8 Å². The summed E-state index contributed by atoms with van der Waals surface area (Å²) in [6.45, 7) is 4.29. The van der Waals surface area contributed by atoms with Crippen molar-refractivity contribution in [2.24, 2.45) is 0 Å². The zero-order valence-electron chi connectivity index (χ0n) is 28.0. The van der Waals surface area contributed by atoms with Gasteiger partial charge in [0.2, 0.25) is 0 Å². The number of rotatable bonds is 7. The van der Waals surface area contributed by atoms with E-state index in [4.69, 9.17) is 4.74 Å². The number of hydrogen-bond acceptors (Lipinski definition) is 1. The van der Waals surface area contributed by atoms with Crippen molar-refractivity contribution in [2.75, 3.05) is 7.11 Å². The van der Waals surface area contributed by atoms with Crippen molar-refractivity contribution >= 4 is 45.4 Å². The van der Waals surface area contributed by atoms with Crippen LogP contribution < -0.4 is 20.7 Å². The molecule has 0 aliphatic heterocycles. The molecule has 1 nitrogen and oxygen atoms in total. The average Bonchev–Trinajstić information content (AvgIpc) is 3.15. The van der Waals surface area contributed by atoms with Crippen molar-refractivity contribution in [3.05, 3.63) is 181 Å². The normalized spacial score (nSPS) is 11.3. The fourth-order valence-electron chi connectivity index (χ4n) is 7.45. The van der Waals surface area contributed by atoms with E-state index in [-0.39, 0.29) is 0 Å². The molecule has 0 radical (unpaired) electrons. The van der Waals surface area contributed by atoms with Gasteiger partial charge in [-0.05, 0) is 116 Å². The van der Waals surface area contributed by atoms with E-state index in [1.807, 2.05) is 0 Å². The van der Waals surface area contributed by atoms with Gasteiger partial charge in [-0.2, -0.15) is 0 Å². The van der Waals surface area contributed by atoms with E-state index in [0.29, 0.717) is 0 Å². The highest BCUT2D eigenvalue weighted by Crippen LogP contribution is 2.48. The minimum atomic E-state index is -0.829. The maximum Gasteiger partial charge on any atom is 0.124 e. The van der Waals surface area contributed by atoms with Crippen molar-refractivity contribution in [1.82, 2.24) is 0 Å². The van der Waals surface area contributed by atoms with E-state index in [0.717, 1.165) is 16.9 Å². The summed E-state index contributed by atoms with van der Waals surface area (Å²) >= 11 is 0. The van der Waals surface area contributed by atoms with Gasteiger partial charge in [0.1, 0.15) is 5.75 Å². The van der Waals surface area contributed by atoms with Crippen molar-refractivity contribution in [1.29, 1.82) is 0 Å². The van der Waals surface area contributed by atoms with Crippen molar-refractivity contribution in [3.8, 4) is 39.1 Å². The van der Waals surface area contributed by atoms with Crippen LogP contribution in [0.3, 0.4) is 0 Å².